The fraction of sp³-hybridized carbons (Fsp3) is 0.562. The number of halogens is 1. The average Bonchev–Trinajstić information content (AvgIpc) is 2.54. The first-order valence-electron chi connectivity index (χ1n) is 7.36. The summed E-state index contributed by atoms with van der Waals surface area (Å²) in [5, 5.41) is 6.27. The number of carbonyl (C=O) groups excluding carboxylic acids is 1. The number of rotatable bonds is 0. The van der Waals surface area contributed by atoms with Crippen molar-refractivity contribution in [3.05, 3.63) is 23.5 Å². The van der Waals surface area contributed by atoms with Gasteiger partial charge in [-0.2, -0.15) is 0 Å². The minimum Gasteiger partial charge on any atom is -0.382 e. The van der Waals surface area contributed by atoms with E-state index < -0.39 is 0 Å². The molecule has 1 amide bonds. The molecule has 0 saturated heterocycles. The molecular weight excluding hydrogens is 255 g/mol. The second kappa shape index (κ2) is 4.76. The van der Waals surface area contributed by atoms with Gasteiger partial charge in [-0.15, -0.1) is 0 Å². The highest BCUT2D eigenvalue weighted by Gasteiger charge is 2.42. The summed E-state index contributed by atoms with van der Waals surface area (Å²) in [4.78, 5) is 12.6. The molecule has 0 atom stereocenters. The van der Waals surface area contributed by atoms with Crippen LogP contribution in [0.1, 0.15) is 38.2 Å². The number of aryl methyl sites for hydroxylation is 1. The third kappa shape index (κ3) is 2.17. The number of benzene rings is 1. The Hall–Kier alpha value is -1.58. The molecule has 1 saturated carbocycles. The van der Waals surface area contributed by atoms with Crippen LogP contribution in [0.5, 0.6) is 0 Å². The van der Waals surface area contributed by atoms with Gasteiger partial charge in [0.25, 0.3) is 0 Å². The van der Waals surface area contributed by atoms with Crippen LogP contribution in [0.2, 0.25) is 0 Å². The van der Waals surface area contributed by atoms with Gasteiger partial charge in [-0.3, -0.25) is 4.79 Å². The van der Waals surface area contributed by atoms with E-state index in [4.69, 9.17) is 0 Å². The Kier molecular flexibility index (Phi) is 3.19. The second-order valence-corrected chi connectivity index (χ2v) is 6.42. The molecule has 108 valence electrons. The molecule has 1 aliphatic carbocycles. The molecule has 0 radical (unpaired) electrons. The molecule has 1 fully saturated rings. The summed E-state index contributed by atoms with van der Waals surface area (Å²) in [5.41, 5.74) is 1.65. The molecule has 0 aromatic heterocycles. The highest BCUT2D eigenvalue weighted by molar-refractivity contribution is 6.00. The van der Waals surface area contributed by atoms with Gasteiger partial charge in [-0.05, 0) is 56.2 Å². The Balaban J connectivity index is 1.90. The minimum atomic E-state index is -0.337. The van der Waals surface area contributed by atoms with Gasteiger partial charge in [-0.1, -0.05) is 6.92 Å². The van der Waals surface area contributed by atoms with Crippen LogP contribution >= 0.6 is 0 Å². The average molecular weight is 276 g/mol. The van der Waals surface area contributed by atoms with E-state index in [0.29, 0.717) is 23.7 Å². The van der Waals surface area contributed by atoms with E-state index in [0.717, 1.165) is 31.4 Å². The van der Waals surface area contributed by atoms with Gasteiger partial charge in [0.2, 0.25) is 5.91 Å². The van der Waals surface area contributed by atoms with Crippen molar-refractivity contribution in [3.63, 3.8) is 0 Å². The summed E-state index contributed by atoms with van der Waals surface area (Å²) < 4.78 is 13.7. The second-order valence-electron chi connectivity index (χ2n) is 6.42. The standard InChI is InChI=1S/C16H21FN2O/c1-10-3-5-16(6-4-10)9-18-13-7-11(2)12(17)8-14(13)19-15(16)20/h7-8,10,18H,3-6,9H2,1-2H3,(H,19,20). The van der Waals surface area contributed by atoms with Crippen molar-refractivity contribution in [1.29, 1.82) is 0 Å². The third-order valence-corrected chi connectivity index (χ3v) is 4.88. The predicted octanol–water partition coefficient (Wildman–Crippen LogP) is 3.69. The van der Waals surface area contributed by atoms with Gasteiger partial charge in [0, 0.05) is 6.54 Å². The zero-order valence-corrected chi connectivity index (χ0v) is 12.1. The summed E-state index contributed by atoms with van der Waals surface area (Å²) in [7, 11) is 0. The van der Waals surface area contributed by atoms with Crippen LogP contribution in [0.25, 0.3) is 0 Å². The monoisotopic (exact) mass is 276 g/mol. The molecule has 4 heteroatoms. The number of fused-ring (bicyclic) bond motifs is 1. The van der Waals surface area contributed by atoms with E-state index in [1.54, 1.807) is 13.0 Å². The van der Waals surface area contributed by atoms with Crippen molar-refractivity contribution in [2.24, 2.45) is 11.3 Å². The van der Waals surface area contributed by atoms with Crippen LogP contribution in [-0.2, 0) is 4.79 Å². The lowest BCUT2D eigenvalue weighted by atomic mass is 9.70. The van der Waals surface area contributed by atoms with Crippen molar-refractivity contribution in [2.45, 2.75) is 39.5 Å². The highest BCUT2D eigenvalue weighted by atomic mass is 19.1. The lowest BCUT2D eigenvalue weighted by Crippen LogP contribution is -2.42. The molecule has 3 rings (SSSR count). The topological polar surface area (TPSA) is 41.1 Å². The van der Waals surface area contributed by atoms with E-state index in [2.05, 4.69) is 17.6 Å². The maximum Gasteiger partial charge on any atom is 0.232 e. The molecule has 1 aliphatic heterocycles. The van der Waals surface area contributed by atoms with Crippen molar-refractivity contribution >= 4 is 17.3 Å². The summed E-state index contributed by atoms with van der Waals surface area (Å²) >= 11 is 0. The Morgan fingerprint density at radius 3 is 2.65 bits per heavy atom. The zero-order valence-electron chi connectivity index (χ0n) is 12.1. The number of hydrogen-bond acceptors (Lipinski definition) is 2. The number of anilines is 2. The SMILES string of the molecule is Cc1cc2c(cc1F)NC(=O)C1(CCC(C)CC1)CN2. The first-order chi connectivity index (χ1) is 9.50. The molecule has 2 N–H and O–H groups in total. The van der Waals surface area contributed by atoms with Crippen molar-refractivity contribution < 1.29 is 9.18 Å². The highest BCUT2D eigenvalue weighted by Crippen LogP contribution is 2.42. The minimum absolute atomic E-state index is 0.0407. The van der Waals surface area contributed by atoms with Gasteiger partial charge >= 0.3 is 0 Å². The summed E-state index contributed by atoms with van der Waals surface area (Å²) in [5.74, 6) is 0.455. The zero-order chi connectivity index (χ0) is 14.3. The van der Waals surface area contributed by atoms with Crippen molar-refractivity contribution in [1.82, 2.24) is 0 Å². The van der Waals surface area contributed by atoms with Gasteiger partial charge in [0.05, 0.1) is 16.8 Å². The molecule has 1 aromatic carbocycles. The quantitative estimate of drug-likeness (QED) is 0.758. The van der Waals surface area contributed by atoms with Crippen LogP contribution in [0, 0.1) is 24.1 Å². The van der Waals surface area contributed by atoms with E-state index >= 15 is 0 Å². The van der Waals surface area contributed by atoms with E-state index in [1.165, 1.54) is 6.07 Å². The third-order valence-electron chi connectivity index (χ3n) is 4.88. The predicted molar refractivity (Wildman–Crippen MR) is 78.3 cm³/mol. The maximum atomic E-state index is 13.7. The van der Waals surface area contributed by atoms with Crippen LogP contribution < -0.4 is 10.6 Å². The van der Waals surface area contributed by atoms with Gasteiger partial charge in [0.1, 0.15) is 5.82 Å². The van der Waals surface area contributed by atoms with E-state index in [1.807, 2.05) is 0 Å². The van der Waals surface area contributed by atoms with Crippen molar-refractivity contribution in [2.75, 3.05) is 17.2 Å². The molecule has 0 unspecified atom stereocenters. The molecule has 0 bridgehead atoms. The summed E-state index contributed by atoms with van der Waals surface area (Å²) in [6.07, 6.45) is 3.97. The Bertz CT molecular complexity index is 548. The molecule has 1 heterocycles. The lowest BCUT2D eigenvalue weighted by Gasteiger charge is -2.36. The fourth-order valence-electron chi connectivity index (χ4n) is 3.25. The largest absolute Gasteiger partial charge is 0.382 e. The Morgan fingerprint density at radius 1 is 1.25 bits per heavy atom. The first kappa shape index (κ1) is 13.4. The van der Waals surface area contributed by atoms with E-state index in [9.17, 15) is 9.18 Å². The fourth-order valence-corrected chi connectivity index (χ4v) is 3.25. The summed E-state index contributed by atoms with van der Waals surface area (Å²) in [6, 6.07) is 3.19. The molecule has 2 aliphatic rings. The number of hydrogen-bond donors (Lipinski definition) is 2. The van der Waals surface area contributed by atoms with Crippen molar-refractivity contribution in [3.8, 4) is 0 Å². The smallest absolute Gasteiger partial charge is 0.232 e. The van der Waals surface area contributed by atoms with E-state index in [-0.39, 0.29) is 17.1 Å². The van der Waals surface area contributed by atoms with Gasteiger partial charge in [-0.25, -0.2) is 4.39 Å². The van der Waals surface area contributed by atoms with Crippen LogP contribution in [0.15, 0.2) is 12.1 Å². The van der Waals surface area contributed by atoms with Crippen LogP contribution in [0.3, 0.4) is 0 Å². The van der Waals surface area contributed by atoms with Crippen LogP contribution in [0.4, 0.5) is 15.8 Å². The normalized spacial score (nSPS) is 29.4. The molecular formula is C16H21FN2O. The van der Waals surface area contributed by atoms with Gasteiger partial charge in [0.15, 0.2) is 0 Å². The molecule has 1 spiro atoms. The van der Waals surface area contributed by atoms with Crippen LogP contribution in [-0.4, -0.2) is 12.5 Å². The Morgan fingerprint density at radius 2 is 1.95 bits per heavy atom. The summed E-state index contributed by atoms with van der Waals surface area (Å²) in [6.45, 7) is 4.62. The first-order valence-corrected chi connectivity index (χ1v) is 7.36. The maximum absolute atomic E-state index is 13.7. The molecule has 1 aromatic rings. The molecule has 3 nitrogen and oxygen atoms in total. The molecule has 20 heavy (non-hydrogen) atoms. The lowest BCUT2D eigenvalue weighted by molar-refractivity contribution is -0.126. The number of nitrogens with one attached hydrogen (secondary N) is 2. The Labute approximate surface area is 118 Å². The van der Waals surface area contributed by atoms with Gasteiger partial charge < -0.3 is 10.6 Å². The number of carbonyl (C=O) groups is 1. The number of amides is 1.